The maximum atomic E-state index is 12.5. The number of hydrogen-bond donors (Lipinski definition) is 2. The zero-order valence-corrected chi connectivity index (χ0v) is 18.0. The van der Waals surface area contributed by atoms with Gasteiger partial charge >= 0.3 is 0 Å². The number of anilines is 2. The van der Waals surface area contributed by atoms with Crippen LogP contribution in [0.3, 0.4) is 0 Å². The van der Waals surface area contributed by atoms with Gasteiger partial charge in [0.2, 0.25) is 5.91 Å². The van der Waals surface area contributed by atoms with Crippen LogP contribution in [0, 0.1) is 13.8 Å². The molecule has 0 unspecified atom stereocenters. The fraction of sp³-hybridized carbons (Fsp3) is 0.440. The Morgan fingerprint density at radius 2 is 1.45 bits per heavy atom. The second kappa shape index (κ2) is 12.1. The van der Waals surface area contributed by atoms with Crippen LogP contribution in [0.2, 0.25) is 0 Å². The van der Waals surface area contributed by atoms with Crippen molar-refractivity contribution >= 4 is 23.2 Å². The van der Waals surface area contributed by atoms with Crippen molar-refractivity contribution in [3.8, 4) is 0 Å². The fourth-order valence-electron chi connectivity index (χ4n) is 3.25. The summed E-state index contributed by atoms with van der Waals surface area (Å²) in [5.41, 5.74) is 4.32. The van der Waals surface area contributed by atoms with E-state index in [9.17, 15) is 9.59 Å². The zero-order chi connectivity index (χ0) is 21.1. The summed E-state index contributed by atoms with van der Waals surface area (Å²) in [6, 6.07) is 12.9. The van der Waals surface area contributed by atoms with Gasteiger partial charge in [-0.25, -0.2) is 0 Å². The molecule has 0 saturated carbocycles. The molecule has 0 saturated heterocycles. The van der Waals surface area contributed by atoms with Crippen molar-refractivity contribution in [2.24, 2.45) is 0 Å². The molecule has 2 rings (SSSR count). The number of aryl methyl sites for hydroxylation is 1. The quantitative estimate of drug-likeness (QED) is 0.420. The van der Waals surface area contributed by atoms with Crippen LogP contribution in [0.4, 0.5) is 11.4 Å². The van der Waals surface area contributed by atoms with Gasteiger partial charge in [-0.15, -0.1) is 0 Å². The summed E-state index contributed by atoms with van der Waals surface area (Å²) in [7, 11) is 0. The average Bonchev–Trinajstić information content (AvgIpc) is 2.71. The van der Waals surface area contributed by atoms with Gasteiger partial charge in [0.1, 0.15) is 0 Å². The van der Waals surface area contributed by atoms with Crippen LogP contribution >= 0.6 is 0 Å². The molecule has 0 atom stereocenters. The summed E-state index contributed by atoms with van der Waals surface area (Å²) in [6.45, 7) is 6.23. The highest BCUT2D eigenvalue weighted by Crippen LogP contribution is 2.19. The second-order valence-electron chi connectivity index (χ2n) is 7.70. The van der Waals surface area contributed by atoms with Crippen LogP contribution in [0.15, 0.2) is 42.5 Å². The van der Waals surface area contributed by atoms with E-state index in [1.165, 1.54) is 32.1 Å². The topological polar surface area (TPSA) is 58.2 Å². The van der Waals surface area contributed by atoms with Gasteiger partial charge in [-0.05, 0) is 61.7 Å². The SMILES string of the molecule is CCCCCCCCCC(=O)Nc1ccc(C(=O)Nc2cccc(C)c2C)cc1. The third-order valence-electron chi connectivity index (χ3n) is 5.29. The number of carbonyl (C=O) groups excluding carboxylic acids is 2. The van der Waals surface area contributed by atoms with Crippen molar-refractivity contribution in [1.29, 1.82) is 0 Å². The fourth-order valence-corrected chi connectivity index (χ4v) is 3.25. The lowest BCUT2D eigenvalue weighted by molar-refractivity contribution is -0.116. The molecule has 4 nitrogen and oxygen atoms in total. The molecule has 0 fully saturated rings. The number of hydrogen-bond acceptors (Lipinski definition) is 2. The normalized spacial score (nSPS) is 10.6. The number of rotatable bonds is 11. The van der Waals surface area contributed by atoms with Crippen molar-refractivity contribution in [2.75, 3.05) is 10.6 Å². The van der Waals surface area contributed by atoms with Crippen LogP contribution in [0.1, 0.15) is 79.8 Å². The van der Waals surface area contributed by atoms with E-state index in [1.54, 1.807) is 24.3 Å². The maximum Gasteiger partial charge on any atom is 0.255 e. The van der Waals surface area contributed by atoms with E-state index < -0.39 is 0 Å². The molecular formula is C25H34N2O2. The number of nitrogens with one attached hydrogen (secondary N) is 2. The molecule has 0 radical (unpaired) electrons. The van der Waals surface area contributed by atoms with Crippen LogP contribution in [0.5, 0.6) is 0 Å². The van der Waals surface area contributed by atoms with E-state index in [0.717, 1.165) is 35.3 Å². The highest BCUT2D eigenvalue weighted by molar-refractivity contribution is 6.05. The molecule has 0 aliphatic carbocycles. The molecule has 2 N–H and O–H groups in total. The minimum atomic E-state index is -0.153. The lowest BCUT2D eigenvalue weighted by atomic mass is 10.1. The van der Waals surface area contributed by atoms with E-state index in [0.29, 0.717) is 12.0 Å². The van der Waals surface area contributed by atoms with Crippen molar-refractivity contribution in [1.82, 2.24) is 0 Å². The number of carbonyl (C=O) groups is 2. The third kappa shape index (κ3) is 7.72. The number of unbranched alkanes of at least 4 members (excludes halogenated alkanes) is 6. The van der Waals surface area contributed by atoms with E-state index in [4.69, 9.17) is 0 Å². The zero-order valence-electron chi connectivity index (χ0n) is 18.0. The van der Waals surface area contributed by atoms with Gasteiger partial charge in [0.05, 0.1) is 0 Å². The Balaban J connectivity index is 1.77. The predicted octanol–water partition coefficient (Wildman–Crippen LogP) is 6.63. The van der Waals surface area contributed by atoms with Gasteiger partial charge in [0, 0.05) is 23.4 Å². The molecule has 0 bridgehead atoms. The largest absolute Gasteiger partial charge is 0.326 e. The second-order valence-corrected chi connectivity index (χ2v) is 7.70. The molecule has 0 spiro atoms. The highest BCUT2D eigenvalue weighted by atomic mass is 16.2. The molecule has 0 aliphatic heterocycles. The summed E-state index contributed by atoms with van der Waals surface area (Å²) in [6.07, 6.45) is 8.91. The number of benzene rings is 2. The predicted molar refractivity (Wildman–Crippen MR) is 122 cm³/mol. The molecule has 4 heteroatoms. The van der Waals surface area contributed by atoms with Gasteiger partial charge in [-0.1, -0.05) is 57.6 Å². The lowest BCUT2D eigenvalue weighted by Gasteiger charge is -2.11. The van der Waals surface area contributed by atoms with Crippen LogP contribution < -0.4 is 10.6 Å². The lowest BCUT2D eigenvalue weighted by Crippen LogP contribution is -2.14. The molecule has 29 heavy (non-hydrogen) atoms. The Kier molecular flexibility index (Phi) is 9.42. The van der Waals surface area contributed by atoms with Crippen LogP contribution in [-0.4, -0.2) is 11.8 Å². The third-order valence-corrected chi connectivity index (χ3v) is 5.29. The van der Waals surface area contributed by atoms with Gasteiger partial charge in [-0.2, -0.15) is 0 Å². The minimum Gasteiger partial charge on any atom is -0.326 e. The molecule has 0 aromatic heterocycles. The van der Waals surface area contributed by atoms with Crippen LogP contribution in [-0.2, 0) is 4.79 Å². The average molecular weight is 395 g/mol. The number of amides is 2. The van der Waals surface area contributed by atoms with E-state index in [1.807, 2.05) is 32.0 Å². The standard InChI is InChI=1S/C25H34N2O2/c1-4-5-6-7-8-9-10-14-24(28)26-22-17-15-21(16-18-22)25(29)27-23-13-11-12-19(2)20(23)3/h11-13,15-18H,4-10,14H2,1-3H3,(H,26,28)(H,27,29). The van der Waals surface area contributed by atoms with Gasteiger partial charge < -0.3 is 10.6 Å². The maximum absolute atomic E-state index is 12.5. The highest BCUT2D eigenvalue weighted by Gasteiger charge is 2.09. The van der Waals surface area contributed by atoms with Gasteiger partial charge in [0.25, 0.3) is 5.91 Å². The smallest absolute Gasteiger partial charge is 0.255 e. The van der Waals surface area contributed by atoms with Gasteiger partial charge in [0.15, 0.2) is 0 Å². The molecule has 0 aliphatic rings. The van der Waals surface area contributed by atoms with Crippen molar-refractivity contribution in [2.45, 2.75) is 72.1 Å². The van der Waals surface area contributed by atoms with E-state index in [-0.39, 0.29) is 11.8 Å². The van der Waals surface area contributed by atoms with E-state index in [2.05, 4.69) is 17.6 Å². The Labute approximate surface area is 175 Å². The molecule has 0 heterocycles. The monoisotopic (exact) mass is 394 g/mol. The van der Waals surface area contributed by atoms with Crippen LogP contribution in [0.25, 0.3) is 0 Å². The van der Waals surface area contributed by atoms with Crippen molar-refractivity contribution < 1.29 is 9.59 Å². The molecule has 2 aromatic rings. The summed E-state index contributed by atoms with van der Waals surface area (Å²) in [5.74, 6) is -0.120. The first-order chi connectivity index (χ1) is 14.0. The molecule has 2 aromatic carbocycles. The van der Waals surface area contributed by atoms with Crippen molar-refractivity contribution in [3.05, 3.63) is 59.2 Å². The first-order valence-corrected chi connectivity index (χ1v) is 10.8. The first kappa shape index (κ1) is 22.7. The summed E-state index contributed by atoms with van der Waals surface area (Å²) in [4.78, 5) is 24.6. The Morgan fingerprint density at radius 3 is 2.14 bits per heavy atom. The minimum absolute atomic E-state index is 0.0335. The Morgan fingerprint density at radius 1 is 0.793 bits per heavy atom. The molecular weight excluding hydrogens is 360 g/mol. The Bertz CT molecular complexity index is 797. The Hall–Kier alpha value is -2.62. The van der Waals surface area contributed by atoms with E-state index >= 15 is 0 Å². The summed E-state index contributed by atoms with van der Waals surface area (Å²) in [5, 5.41) is 5.87. The molecule has 156 valence electrons. The summed E-state index contributed by atoms with van der Waals surface area (Å²) >= 11 is 0. The van der Waals surface area contributed by atoms with Gasteiger partial charge in [-0.3, -0.25) is 9.59 Å². The summed E-state index contributed by atoms with van der Waals surface area (Å²) < 4.78 is 0. The van der Waals surface area contributed by atoms with Crippen molar-refractivity contribution in [3.63, 3.8) is 0 Å². The molecule has 2 amide bonds. The first-order valence-electron chi connectivity index (χ1n) is 10.8.